The predicted molar refractivity (Wildman–Crippen MR) is 98.0 cm³/mol. The van der Waals surface area contributed by atoms with Crippen molar-refractivity contribution in [2.45, 2.75) is 6.42 Å². The minimum atomic E-state index is -0.685. The Morgan fingerprint density at radius 1 is 1.04 bits per heavy atom. The number of methoxy groups -OCH3 is 1. The smallest absolute Gasteiger partial charge is 0.344 e. The highest BCUT2D eigenvalue weighted by atomic mass is 16.6. The first kappa shape index (κ1) is 20.0. The summed E-state index contributed by atoms with van der Waals surface area (Å²) in [6.07, 6.45) is 1.37. The lowest BCUT2D eigenvalue weighted by Gasteiger charge is -2.11. The molecule has 0 radical (unpaired) electrons. The maximum absolute atomic E-state index is 11.7. The number of carbonyl (C=O) groups is 3. The van der Waals surface area contributed by atoms with Gasteiger partial charge in [0.15, 0.2) is 24.7 Å². The lowest BCUT2D eigenvalue weighted by Crippen LogP contribution is -2.31. The van der Waals surface area contributed by atoms with Crippen LogP contribution in [-0.4, -0.2) is 45.0 Å². The molecule has 142 valence electrons. The first-order valence-electron chi connectivity index (χ1n) is 8.34. The van der Waals surface area contributed by atoms with E-state index in [9.17, 15) is 14.4 Å². The molecule has 1 N–H and O–H groups in total. The molecule has 2 aromatic rings. The second-order valence-corrected chi connectivity index (χ2v) is 5.56. The molecule has 27 heavy (non-hydrogen) atoms. The van der Waals surface area contributed by atoms with E-state index in [1.165, 1.54) is 25.3 Å². The van der Waals surface area contributed by atoms with Crippen LogP contribution in [-0.2, 0) is 20.7 Å². The monoisotopic (exact) mass is 371 g/mol. The fraction of sp³-hybridized carbons (Fsp3) is 0.250. The lowest BCUT2D eigenvalue weighted by molar-refractivity contribution is -0.150. The van der Waals surface area contributed by atoms with E-state index >= 15 is 0 Å². The van der Waals surface area contributed by atoms with Gasteiger partial charge in [-0.05, 0) is 30.2 Å². The average Bonchev–Trinajstić information content (AvgIpc) is 2.71. The average molecular weight is 371 g/mol. The number of hydrogen-bond acceptors (Lipinski definition) is 6. The van der Waals surface area contributed by atoms with E-state index in [0.29, 0.717) is 36.3 Å². The lowest BCUT2D eigenvalue weighted by atomic mass is 10.1. The third kappa shape index (κ3) is 6.81. The number of nitrogens with one attached hydrogen (secondary N) is 1. The van der Waals surface area contributed by atoms with Gasteiger partial charge >= 0.3 is 5.97 Å². The zero-order valence-corrected chi connectivity index (χ0v) is 15.0. The summed E-state index contributed by atoms with van der Waals surface area (Å²) in [4.78, 5) is 34.2. The summed E-state index contributed by atoms with van der Waals surface area (Å²) in [5.74, 6) is -0.444. The van der Waals surface area contributed by atoms with Crippen LogP contribution < -0.4 is 14.8 Å². The number of rotatable bonds is 10. The van der Waals surface area contributed by atoms with Crippen LogP contribution in [0.5, 0.6) is 11.5 Å². The predicted octanol–water partition coefficient (Wildman–Crippen LogP) is 1.79. The fourth-order valence-electron chi connectivity index (χ4n) is 2.24. The van der Waals surface area contributed by atoms with Crippen LogP contribution >= 0.6 is 0 Å². The molecular formula is C20H21NO6. The molecule has 7 nitrogen and oxygen atoms in total. The van der Waals surface area contributed by atoms with Gasteiger partial charge in [-0.25, -0.2) is 4.79 Å². The standard InChI is InChI=1S/C20H21NO6/c1-25-18-11-16(12-22)7-8-17(18)26-14-20(24)27-13-19(23)21-10-9-15-5-3-2-4-6-15/h2-8,11-12H,9-10,13-14H2,1H3,(H,21,23). The van der Waals surface area contributed by atoms with Crippen LogP contribution in [0.1, 0.15) is 15.9 Å². The Morgan fingerprint density at radius 2 is 1.81 bits per heavy atom. The third-order valence-electron chi connectivity index (χ3n) is 3.61. The number of benzene rings is 2. The molecule has 0 saturated carbocycles. The van der Waals surface area contributed by atoms with E-state index in [1.54, 1.807) is 0 Å². The van der Waals surface area contributed by atoms with Crippen LogP contribution in [0.2, 0.25) is 0 Å². The molecule has 0 aromatic heterocycles. The molecule has 0 aliphatic rings. The van der Waals surface area contributed by atoms with E-state index in [0.717, 1.165) is 5.56 Å². The maximum atomic E-state index is 11.7. The molecule has 2 rings (SSSR count). The van der Waals surface area contributed by atoms with Crippen molar-refractivity contribution in [3.63, 3.8) is 0 Å². The van der Waals surface area contributed by atoms with Crippen molar-refractivity contribution in [3.8, 4) is 11.5 Å². The molecule has 0 heterocycles. The Kier molecular flexibility index (Phi) is 7.84. The van der Waals surface area contributed by atoms with Crippen molar-refractivity contribution < 1.29 is 28.6 Å². The zero-order valence-electron chi connectivity index (χ0n) is 15.0. The van der Waals surface area contributed by atoms with Gasteiger partial charge in [-0.1, -0.05) is 30.3 Å². The molecule has 2 aromatic carbocycles. The summed E-state index contributed by atoms with van der Waals surface area (Å²) in [6.45, 7) is -0.302. The molecule has 0 saturated heterocycles. The number of carbonyl (C=O) groups excluding carboxylic acids is 3. The Hall–Kier alpha value is -3.35. The Balaban J connectivity index is 1.68. The number of hydrogen-bond donors (Lipinski definition) is 1. The van der Waals surface area contributed by atoms with E-state index in [2.05, 4.69) is 5.32 Å². The summed E-state index contributed by atoms with van der Waals surface area (Å²) in [6, 6.07) is 14.3. The Morgan fingerprint density at radius 3 is 2.52 bits per heavy atom. The Bertz CT molecular complexity index is 775. The van der Waals surface area contributed by atoms with Crippen LogP contribution in [0.15, 0.2) is 48.5 Å². The van der Waals surface area contributed by atoms with Crippen molar-refractivity contribution in [1.82, 2.24) is 5.32 Å². The SMILES string of the molecule is COc1cc(C=O)ccc1OCC(=O)OCC(=O)NCCc1ccccc1. The van der Waals surface area contributed by atoms with E-state index in [4.69, 9.17) is 14.2 Å². The normalized spacial score (nSPS) is 9.96. The molecular weight excluding hydrogens is 350 g/mol. The molecule has 0 aliphatic carbocycles. The van der Waals surface area contributed by atoms with Gasteiger partial charge in [-0.15, -0.1) is 0 Å². The quantitative estimate of drug-likeness (QED) is 0.506. The van der Waals surface area contributed by atoms with Crippen LogP contribution in [0.3, 0.4) is 0 Å². The van der Waals surface area contributed by atoms with Gasteiger partial charge in [-0.2, -0.15) is 0 Å². The van der Waals surface area contributed by atoms with Gasteiger partial charge in [0.25, 0.3) is 5.91 Å². The van der Waals surface area contributed by atoms with Gasteiger partial charge in [0.05, 0.1) is 7.11 Å². The van der Waals surface area contributed by atoms with Gasteiger partial charge in [0.2, 0.25) is 0 Å². The van der Waals surface area contributed by atoms with Crippen LogP contribution in [0, 0.1) is 0 Å². The second kappa shape index (κ2) is 10.6. The van der Waals surface area contributed by atoms with Gasteiger partial charge < -0.3 is 19.5 Å². The highest BCUT2D eigenvalue weighted by Gasteiger charge is 2.11. The largest absolute Gasteiger partial charge is 0.493 e. The number of esters is 1. The maximum Gasteiger partial charge on any atom is 0.344 e. The second-order valence-electron chi connectivity index (χ2n) is 5.56. The van der Waals surface area contributed by atoms with Gasteiger partial charge in [-0.3, -0.25) is 9.59 Å². The minimum Gasteiger partial charge on any atom is -0.493 e. The van der Waals surface area contributed by atoms with Crippen LogP contribution in [0.4, 0.5) is 0 Å². The summed E-state index contributed by atoms with van der Waals surface area (Å²) >= 11 is 0. The number of aldehydes is 1. The summed E-state index contributed by atoms with van der Waals surface area (Å²) < 4.78 is 15.3. The van der Waals surface area contributed by atoms with Crippen molar-refractivity contribution in [2.75, 3.05) is 26.9 Å². The molecule has 0 bridgehead atoms. The summed E-state index contributed by atoms with van der Waals surface area (Å²) in [7, 11) is 1.43. The molecule has 0 aliphatic heterocycles. The van der Waals surface area contributed by atoms with Crippen molar-refractivity contribution >= 4 is 18.2 Å². The minimum absolute atomic E-state index is 0.298. The zero-order chi connectivity index (χ0) is 19.5. The fourth-order valence-corrected chi connectivity index (χ4v) is 2.24. The van der Waals surface area contributed by atoms with Crippen molar-refractivity contribution in [1.29, 1.82) is 0 Å². The molecule has 0 unspecified atom stereocenters. The first-order chi connectivity index (χ1) is 13.1. The van der Waals surface area contributed by atoms with E-state index in [1.807, 2.05) is 30.3 Å². The van der Waals surface area contributed by atoms with E-state index in [-0.39, 0.29) is 19.1 Å². The van der Waals surface area contributed by atoms with E-state index < -0.39 is 5.97 Å². The van der Waals surface area contributed by atoms with Gasteiger partial charge in [0, 0.05) is 12.1 Å². The van der Waals surface area contributed by atoms with Crippen molar-refractivity contribution in [2.24, 2.45) is 0 Å². The Labute approximate surface area is 157 Å². The summed E-state index contributed by atoms with van der Waals surface area (Å²) in [5.41, 5.74) is 1.53. The molecule has 7 heteroatoms. The molecule has 1 amide bonds. The van der Waals surface area contributed by atoms with Crippen LogP contribution in [0.25, 0.3) is 0 Å². The third-order valence-corrected chi connectivity index (χ3v) is 3.61. The van der Waals surface area contributed by atoms with Gasteiger partial charge in [0.1, 0.15) is 6.29 Å². The topological polar surface area (TPSA) is 90.9 Å². The highest BCUT2D eigenvalue weighted by molar-refractivity contribution is 5.81. The first-order valence-corrected chi connectivity index (χ1v) is 8.34. The number of amides is 1. The molecule has 0 spiro atoms. The highest BCUT2D eigenvalue weighted by Crippen LogP contribution is 2.27. The summed E-state index contributed by atoms with van der Waals surface area (Å²) in [5, 5.41) is 2.68. The van der Waals surface area contributed by atoms with Crippen molar-refractivity contribution in [3.05, 3.63) is 59.7 Å². The molecule has 0 fully saturated rings. The number of ether oxygens (including phenoxy) is 3. The molecule has 0 atom stereocenters.